The van der Waals surface area contributed by atoms with Crippen LogP contribution in [0.3, 0.4) is 0 Å². The maximum atomic E-state index is 13.9. The number of benzene rings is 2. The third-order valence-corrected chi connectivity index (χ3v) is 6.16. The number of hydrogen-bond acceptors (Lipinski definition) is 5. The lowest BCUT2D eigenvalue weighted by molar-refractivity contribution is -0.118. The highest BCUT2D eigenvalue weighted by molar-refractivity contribution is 7.89. The first kappa shape index (κ1) is 22.9. The summed E-state index contributed by atoms with van der Waals surface area (Å²) in [6.07, 6.45) is 0. The fourth-order valence-corrected chi connectivity index (χ4v) is 4.60. The molecule has 0 heterocycles. The van der Waals surface area contributed by atoms with Gasteiger partial charge < -0.3 is 5.32 Å². The van der Waals surface area contributed by atoms with Gasteiger partial charge >= 0.3 is 0 Å². The summed E-state index contributed by atoms with van der Waals surface area (Å²) in [5.41, 5.74) is 0.773. The zero-order valence-corrected chi connectivity index (χ0v) is 17.4. The Morgan fingerprint density at radius 1 is 1.03 bits per heavy atom. The van der Waals surface area contributed by atoms with E-state index in [-0.39, 0.29) is 5.75 Å². The molecule has 0 aromatic heterocycles. The molecular weight excluding hydrogens is 421 g/mol. The largest absolute Gasteiger partial charge is 0.325 e. The molecule has 11 heteroatoms. The first-order chi connectivity index (χ1) is 13.4. The van der Waals surface area contributed by atoms with E-state index in [0.717, 1.165) is 12.1 Å². The molecule has 158 valence electrons. The van der Waals surface area contributed by atoms with Crippen LogP contribution in [0.25, 0.3) is 0 Å². The molecule has 0 radical (unpaired) electrons. The van der Waals surface area contributed by atoms with Crippen LogP contribution in [0.5, 0.6) is 0 Å². The Hall–Kier alpha value is -2.34. The minimum atomic E-state index is -4.27. The van der Waals surface area contributed by atoms with Crippen molar-refractivity contribution >= 4 is 31.6 Å². The van der Waals surface area contributed by atoms with Gasteiger partial charge in [0.1, 0.15) is 16.8 Å². The van der Waals surface area contributed by atoms with Crippen LogP contribution in [-0.2, 0) is 30.6 Å². The smallest absolute Gasteiger partial charge is 0.244 e. The summed E-state index contributed by atoms with van der Waals surface area (Å²) in [6, 6.07) is 9.61. The molecule has 0 unspecified atom stereocenters. The van der Waals surface area contributed by atoms with E-state index in [1.54, 1.807) is 13.8 Å². The predicted molar refractivity (Wildman–Crippen MR) is 107 cm³/mol. The number of nitrogens with one attached hydrogen (secondary N) is 2. The van der Waals surface area contributed by atoms with E-state index >= 15 is 0 Å². The summed E-state index contributed by atoms with van der Waals surface area (Å²) in [6.45, 7) is 3.28. The summed E-state index contributed by atoms with van der Waals surface area (Å²) < 4.78 is 63.3. The average Bonchev–Trinajstić information content (AvgIpc) is 2.60. The van der Waals surface area contributed by atoms with E-state index in [4.69, 9.17) is 5.14 Å². The maximum absolute atomic E-state index is 13.9. The molecular formula is C18H22FN3O5S2. The number of nitrogens with two attached hydrogens (primary N) is 1. The van der Waals surface area contributed by atoms with Crippen molar-refractivity contribution in [2.75, 3.05) is 5.32 Å². The van der Waals surface area contributed by atoms with Crippen molar-refractivity contribution in [3.63, 3.8) is 0 Å². The van der Waals surface area contributed by atoms with Gasteiger partial charge in [-0.1, -0.05) is 38.1 Å². The fourth-order valence-electron chi connectivity index (χ4n) is 2.52. The van der Waals surface area contributed by atoms with Gasteiger partial charge in [0.15, 0.2) is 0 Å². The second-order valence-electron chi connectivity index (χ2n) is 6.77. The van der Waals surface area contributed by atoms with Gasteiger partial charge in [0.2, 0.25) is 26.0 Å². The van der Waals surface area contributed by atoms with E-state index in [2.05, 4.69) is 10.0 Å². The number of rotatable bonds is 8. The summed E-state index contributed by atoms with van der Waals surface area (Å²) in [5.74, 6) is -2.34. The molecule has 4 N–H and O–H groups in total. The minimum absolute atomic E-state index is 0.337. The highest BCUT2D eigenvalue weighted by Crippen LogP contribution is 2.17. The first-order valence-corrected chi connectivity index (χ1v) is 11.8. The number of sulfonamides is 2. The second kappa shape index (κ2) is 8.99. The zero-order chi connectivity index (χ0) is 21.8. The topological polar surface area (TPSA) is 135 Å². The van der Waals surface area contributed by atoms with Crippen molar-refractivity contribution in [1.29, 1.82) is 0 Å². The number of hydrogen-bond donors (Lipinski definition) is 3. The quantitative estimate of drug-likeness (QED) is 0.569. The number of primary sulfonamides is 1. The maximum Gasteiger partial charge on any atom is 0.244 e. The van der Waals surface area contributed by atoms with Crippen molar-refractivity contribution in [3.05, 3.63) is 59.9 Å². The number of carbonyl (C=O) groups excluding carboxylic acids is 1. The molecule has 0 aliphatic rings. The summed E-state index contributed by atoms with van der Waals surface area (Å²) in [4.78, 5) is 12.1. The molecule has 0 bridgehead atoms. The van der Waals surface area contributed by atoms with Gasteiger partial charge in [0.25, 0.3) is 0 Å². The van der Waals surface area contributed by atoms with Crippen LogP contribution >= 0.6 is 0 Å². The Morgan fingerprint density at radius 3 is 2.14 bits per heavy atom. The SMILES string of the molecule is CC(C)[C@H](NS(=O)(=O)c1ccccc1F)C(=O)Nc1ccc(CS(N)(=O)=O)cc1. The van der Waals surface area contributed by atoms with Gasteiger partial charge in [-0.3, -0.25) is 4.79 Å². The van der Waals surface area contributed by atoms with Gasteiger partial charge in [-0.05, 0) is 35.7 Å². The lowest BCUT2D eigenvalue weighted by atomic mass is 10.0. The average molecular weight is 444 g/mol. The summed E-state index contributed by atoms with van der Waals surface area (Å²) in [7, 11) is -7.95. The van der Waals surface area contributed by atoms with Crippen molar-refractivity contribution in [2.45, 2.75) is 30.5 Å². The first-order valence-electron chi connectivity index (χ1n) is 8.56. The monoisotopic (exact) mass is 443 g/mol. The molecule has 0 aliphatic carbocycles. The molecule has 1 amide bonds. The van der Waals surface area contributed by atoms with Gasteiger partial charge in [0, 0.05) is 5.69 Å². The van der Waals surface area contributed by atoms with Crippen LogP contribution in [0, 0.1) is 11.7 Å². The zero-order valence-electron chi connectivity index (χ0n) is 15.8. The Morgan fingerprint density at radius 2 is 1.62 bits per heavy atom. The molecule has 0 saturated carbocycles. The lowest BCUT2D eigenvalue weighted by Gasteiger charge is -2.22. The van der Waals surface area contributed by atoms with Gasteiger partial charge in [-0.25, -0.2) is 26.4 Å². The van der Waals surface area contributed by atoms with E-state index in [1.165, 1.54) is 36.4 Å². The number of halogens is 1. The second-order valence-corrected chi connectivity index (χ2v) is 10.1. The predicted octanol–water partition coefficient (Wildman–Crippen LogP) is 1.56. The minimum Gasteiger partial charge on any atom is -0.325 e. The van der Waals surface area contributed by atoms with Gasteiger partial charge in [-0.15, -0.1) is 0 Å². The molecule has 1 atom stereocenters. The third-order valence-electron chi connectivity index (χ3n) is 3.95. The van der Waals surface area contributed by atoms with E-state index < -0.39 is 48.6 Å². The van der Waals surface area contributed by atoms with Gasteiger partial charge in [0.05, 0.1) is 5.75 Å². The molecule has 0 spiro atoms. The number of carbonyl (C=O) groups is 1. The summed E-state index contributed by atoms with van der Waals surface area (Å²) >= 11 is 0. The van der Waals surface area contributed by atoms with Crippen molar-refractivity contribution in [1.82, 2.24) is 4.72 Å². The molecule has 29 heavy (non-hydrogen) atoms. The number of anilines is 1. The lowest BCUT2D eigenvalue weighted by Crippen LogP contribution is -2.47. The Bertz CT molecular complexity index is 1080. The molecule has 2 rings (SSSR count). The van der Waals surface area contributed by atoms with Gasteiger partial charge in [-0.2, -0.15) is 4.72 Å². The highest BCUT2D eigenvalue weighted by Gasteiger charge is 2.29. The fraction of sp³-hybridized carbons (Fsp3) is 0.278. The van der Waals surface area contributed by atoms with E-state index in [1.807, 2.05) is 0 Å². The van der Waals surface area contributed by atoms with E-state index in [0.29, 0.717) is 11.3 Å². The third kappa shape index (κ3) is 6.60. The van der Waals surface area contributed by atoms with Crippen molar-refractivity contribution < 1.29 is 26.0 Å². The Kier molecular flexibility index (Phi) is 7.11. The molecule has 2 aromatic rings. The number of amides is 1. The molecule has 2 aromatic carbocycles. The molecule has 0 saturated heterocycles. The molecule has 0 fully saturated rings. The van der Waals surface area contributed by atoms with Crippen LogP contribution in [0.2, 0.25) is 0 Å². The Balaban J connectivity index is 2.17. The van der Waals surface area contributed by atoms with E-state index in [9.17, 15) is 26.0 Å². The normalized spacial score (nSPS) is 13.3. The van der Waals surface area contributed by atoms with Crippen LogP contribution in [0.15, 0.2) is 53.4 Å². The van der Waals surface area contributed by atoms with Crippen LogP contribution < -0.4 is 15.2 Å². The van der Waals surface area contributed by atoms with Crippen LogP contribution in [0.1, 0.15) is 19.4 Å². The van der Waals surface area contributed by atoms with Crippen LogP contribution in [0.4, 0.5) is 10.1 Å². The Labute approximate surface area is 169 Å². The van der Waals surface area contributed by atoms with Crippen LogP contribution in [-0.4, -0.2) is 28.8 Å². The molecule has 8 nitrogen and oxygen atoms in total. The molecule has 0 aliphatic heterocycles. The van der Waals surface area contributed by atoms with Crippen molar-refractivity contribution in [3.8, 4) is 0 Å². The highest BCUT2D eigenvalue weighted by atomic mass is 32.2. The van der Waals surface area contributed by atoms with Crippen molar-refractivity contribution in [2.24, 2.45) is 11.1 Å². The standard InChI is InChI=1S/C18H22FN3O5S2/c1-12(2)17(22-29(26,27)16-6-4-3-5-15(16)19)18(23)21-14-9-7-13(8-10-14)11-28(20,24)25/h3-10,12,17,22H,11H2,1-2H3,(H,21,23)(H2,20,24,25)/t17-/m0/s1. The summed E-state index contributed by atoms with van der Waals surface area (Å²) in [5, 5.41) is 7.55.